The van der Waals surface area contributed by atoms with Crippen molar-refractivity contribution in [3.05, 3.63) is 54.1 Å². The number of methoxy groups -OCH3 is 2. The Morgan fingerprint density at radius 1 is 1.00 bits per heavy atom. The third-order valence-corrected chi connectivity index (χ3v) is 4.46. The van der Waals surface area contributed by atoms with Crippen LogP contribution in [0.3, 0.4) is 0 Å². The second-order valence-electron chi connectivity index (χ2n) is 4.99. The maximum absolute atomic E-state index is 5.38. The molecular weight excluding hydrogens is 324 g/mol. The first kappa shape index (κ1) is 16.3. The van der Waals surface area contributed by atoms with Gasteiger partial charge in [-0.1, -0.05) is 36.0 Å². The van der Waals surface area contributed by atoms with Gasteiger partial charge in [0.15, 0.2) is 0 Å². The molecule has 0 saturated heterocycles. The van der Waals surface area contributed by atoms with E-state index in [0.717, 1.165) is 34.5 Å². The molecule has 1 aromatic heterocycles. The fourth-order valence-corrected chi connectivity index (χ4v) is 3.15. The lowest BCUT2D eigenvalue weighted by atomic mass is 10.2. The van der Waals surface area contributed by atoms with Crippen LogP contribution in [0, 0.1) is 0 Å². The predicted octanol–water partition coefficient (Wildman–Crippen LogP) is 3.01. The third kappa shape index (κ3) is 3.68. The molecule has 0 amide bonds. The van der Waals surface area contributed by atoms with Gasteiger partial charge in [0, 0.05) is 5.75 Å². The van der Waals surface area contributed by atoms with Crippen molar-refractivity contribution in [2.45, 2.75) is 11.6 Å². The molecular formula is C17H18N4O2S. The zero-order chi connectivity index (χ0) is 16.8. The molecule has 0 unspecified atom stereocenters. The van der Waals surface area contributed by atoms with Gasteiger partial charge in [-0.25, -0.2) is 0 Å². The highest BCUT2D eigenvalue weighted by atomic mass is 32.2. The summed E-state index contributed by atoms with van der Waals surface area (Å²) in [5.74, 6) is 2.48. The second-order valence-corrected chi connectivity index (χ2v) is 6.05. The van der Waals surface area contributed by atoms with Crippen LogP contribution in [0.2, 0.25) is 0 Å². The number of ether oxygens (including phenoxy) is 2. The Labute approximate surface area is 144 Å². The van der Waals surface area contributed by atoms with Crippen LogP contribution >= 0.6 is 11.8 Å². The Hall–Kier alpha value is -2.54. The summed E-state index contributed by atoms with van der Waals surface area (Å²) in [6.07, 6.45) is 0.924. The first-order valence-corrected chi connectivity index (χ1v) is 8.48. The number of para-hydroxylation sites is 2. The van der Waals surface area contributed by atoms with Crippen molar-refractivity contribution in [3.8, 4) is 17.2 Å². The molecule has 1 heterocycles. The minimum Gasteiger partial charge on any atom is -0.497 e. The fraction of sp³-hybridized carbons (Fsp3) is 0.235. The molecule has 2 aromatic carbocycles. The average molecular weight is 342 g/mol. The van der Waals surface area contributed by atoms with Gasteiger partial charge in [-0.15, -0.1) is 5.10 Å². The van der Waals surface area contributed by atoms with E-state index in [1.54, 1.807) is 30.7 Å². The number of aryl methyl sites for hydroxylation is 1. The molecule has 0 spiro atoms. The molecule has 0 N–H and O–H groups in total. The minimum absolute atomic E-state index is 0.738. The van der Waals surface area contributed by atoms with Gasteiger partial charge in [0.2, 0.25) is 5.16 Å². The Morgan fingerprint density at radius 2 is 1.79 bits per heavy atom. The summed E-state index contributed by atoms with van der Waals surface area (Å²) in [4.78, 5) is 0. The Kier molecular flexibility index (Phi) is 5.32. The molecule has 3 rings (SSSR count). The first-order valence-electron chi connectivity index (χ1n) is 7.49. The highest BCUT2D eigenvalue weighted by Gasteiger charge is 2.12. The van der Waals surface area contributed by atoms with Gasteiger partial charge in [0.1, 0.15) is 17.2 Å². The summed E-state index contributed by atoms with van der Waals surface area (Å²) >= 11 is 1.61. The van der Waals surface area contributed by atoms with Crippen molar-refractivity contribution in [1.82, 2.24) is 20.2 Å². The van der Waals surface area contributed by atoms with Crippen LogP contribution in [0.25, 0.3) is 5.69 Å². The van der Waals surface area contributed by atoms with E-state index in [0.29, 0.717) is 0 Å². The SMILES string of the molecule is COc1ccc(CCSc2nnnn2-c2ccccc2OC)cc1. The normalized spacial score (nSPS) is 10.6. The highest BCUT2D eigenvalue weighted by Crippen LogP contribution is 2.26. The van der Waals surface area contributed by atoms with E-state index in [-0.39, 0.29) is 0 Å². The van der Waals surface area contributed by atoms with E-state index < -0.39 is 0 Å². The highest BCUT2D eigenvalue weighted by molar-refractivity contribution is 7.99. The number of tetrazole rings is 1. The van der Waals surface area contributed by atoms with E-state index in [1.807, 2.05) is 36.4 Å². The van der Waals surface area contributed by atoms with Crippen molar-refractivity contribution in [3.63, 3.8) is 0 Å². The van der Waals surface area contributed by atoms with Crippen LogP contribution in [0.15, 0.2) is 53.7 Å². The number of aromatic nitrogens is 4. The standard InChI is InChI=1S/C17H18N4O2S/c1-22-14-9-7-13(8-10-14)11-12-24-17-18-19-20-21(17)15-5-3-4-6-16(15)23-2/h3-10H,11-12H2,1-2H3. The van der Waals surface area contributed by atoms with Crippen molar-refractivity contribution in [2.24, 2.45) is 0 Å². The topological polar surface area (TPSA) is 62.1 Å². The summed E-state index contributed by atoms with van der Waals surface area (Å²) < 4.78 is 12.3. The molecule has 3 aromatic rings. The van der Waals surface area contributed by atoms with Crippen LogP contribution in [0.1, 0.15) is 5.56 Å². The number of nitrogens with zero attached hydrogens (tertiary/aromatic N) is 4. The summed E-state index contributed by atoms with van der Waals surface area (Å²) in [7, 11) is 3.31. The quantitative estimate of drug-likeness (QED) is 0.615. The molecule has 0 aliphatic carbocycles. The third-order valence-electron chi connectivity index (χ3n) is 3.54. The molecule has 0 aliphatic heterocycles. The largest absolute Gasteiger partial charge is 0.497 e. The average Bonchev–Trinajstić information content (AvgIpc) is 3.10. The van der Waals surface area contributed by atoms with E-state index in [9.17, 15) is 0 Å². The molecule has 0 atom stereocenters. The number of hydrogen-bond acceptors (Lipinski definition) is 6. The molecule has 0 radical (unpaired) electrons. The second kappa shape index (κ2) is 7.83. The molecule has 24 heavy (non-hydrogen) atoms. The van der Waals surface area contributed by atoms with Crippen molar-refractivity contribution in [1.29, 1.82) is 0 Å². The van der Waals surface area contributed by atoms with Crippen molar-refractivity contribution < 1.29 is 9.47 Å². The Bertz CT molecular complexity index is 789. The van der Waals surface area contributed by atoms with Crippen molar-refractivity contribution in [2.75, 3.05) is 20.0 Å². The monoisotopic (exact) mass is 342 g/mol. The smallest absolute Gasteiger partial charge is 0.214 e. The maximum Gasteiger partial charge on any atom is 0.214 e. The Balaban J connectivity index is 1.67. The molecule has 7 heteroatoms. The zero-order valence-corrected chi connectivity index (χ0v) is 14.4. The van der Waals surface area contributed by atoms with E-state index in [1.165, 1.54) is 5.56 Å². The van der Waals surface area contributed by atoms with Gasteiger partial charge in [-0.3, -0.25) is 0 Å². The van der Waals surface area contributed by atoms with Crippen molar-refractivity contribution >= 4 is 11.8 Å². The minimum atomic E-state index is 0.738. The van der Waals surface area contributed by atoms with E-state index in [2.05, 4.69) is 27.7 Å². The lowest BCUT2D eigenvalue weighted by Crippen LogP contribution is -2.02. The van der Waals surface area contributed by atoms with Gasteiger partial charge in [0.25, 0.3) is 0 Å². The predicted molar refractivity (Wildman–Crippen MR) is 93.1 cm³/mol. The zero-order valence-electron chi connectivity index (χ0n) is 13.5. The molecule has 0 bridgehead atoms. The summed E-state index contributed by atoms with van der Waals surface area (Å²) in [6, 6.07) is 15.8. The van der Waals surface area contributed by atoms with E-state index in [4.69, 9.17) is 9.47 Å². The van der Waals surface area contributed by atoms with Gasteiger partial charge < -0.3 is 9.47 Å². The molecule has 6 nitrogen and oxygen atoms in total. The summed E-state index contributed by atoms with van der Waals surface area (Å²) in [5, 5.41) is 12.7. The van der Waals surface area contributed by atoms with Crippen LogP contribution in [-0.4, -0.2) is 40.2 Å². The number of benzene rings is 2. The summed E-state index contributed by atoms with van der Waals surface area (Å²) in [5.41, 5.74) is 2.08. The van der Waals surface area contributed by atoms with Gasteiger partial charge in [0.05, 0.1) is 14.2 Å². The lowest BCUT2D eigenvalue weighted by Gasteiger charge is -2.09. The number of rotatable bonds is 7. The maximum atomic E-state index is 5.38. The number of hydrogen-bond donors (Lipinski definition) is 0. The van der Waals surface area contributed by atoms with E-state index >= 15 is 0 Å². The van der Waals surface area contributed by atoms with Gasteiger partial charge >= 0.3 is 0 Å². The van der Waals surface area contributed by atoms with Crippen LogP contribution < -0.4 is 9.47 Å². The van der Waals surface area contributed by atoms with Crippen LogP contribution in [0.5, 0.6) is 11.5 Å². The molecule has 0 saturated carbocycles. The van der Waals surface area contributed by atoms with Gasteiger partial charge in [-0.2, -0.15) is 4.68 Å². The first-order chi connectivity index (χ1) is 11.8. The molecule has 124 valence electrons. The molecule has 0 aliphatic rings. The Morgan fingerprint density at radius 3 is 2.54 bits per heavy atom. The number of thioether (sulfide) groups is 1. The molecule has 0 fully saturated rings. The lowest BCUT2D eigenvalue weighted by molar-refractivity contribution is 0.410. The van der Waals surface area contributed by atoms with Gasteiger partial charge in [-0.05, 0) is 46.7 Å². The van der Waals surface area contributed by atoms with Crippen LogP contribution in [-0.2, 0) is 6.42 Å². The van der Waals surface area contributed by atoms with Crippen LogP contribution in [0.4, 0.5) is 0 Å². The fourth-order valence-electron chi connectivity index (χ4n) is 2.28. The summed E-state index contributed by atoms with van der Waals surface area (Å²) in [6.45, 7) is 0.